The lowest BCUT2D eigenvalue weighted by molar-refractivity contribution is -0.148. The van der Waals surface area contributed by atoms with Crippen molar-refractivity contribution in [3.8, 4) is 11.1 Å². The molecule has 34 heavy (non-hydrogen) atoms. The van der Waals surface area contributed by atoms with E-state index in [0.29, 0.717) is 13.1 Å². The number of carboxylic acid groups (broad SMARTS) is 1. The van der Waals surface area contributed by atoms with Crippen LogP contribution < -0.4 is 5.32 Å². The molecule has 0 radical (unpaired) electrons. The van der Waals surface area contributed by atoms with Crippen molar-refractivity contribution in [1.29, 1.82) is 0 Å². The van der Waals surface area contributed by atoms with Crippen LogP contribution in [-0.2, 0) is 14.3 Å². The van der Waals surface area contributed by atoms with Crippen molar-refractivity contribution < 1.29 is 24.2 Å². The second-order valence-corrected chi connectivity index (χ2v) is 9.67. The fourth-order valence-electron chi connectivity index (χ4n) is 5.75. The minimum atomic E-state index is -0.829. The number of nitrogens with zero attached hydrogens (tertiary/aromatic N) is 1. The molecule has 2 fully saturated rings. The molecule has 1 saturated heterocycles. The largest absolute Gasteiger partial charge is 0.481 e. The Morgan fingerprint density at radius 1 is 0.941 bits per heavy atom. The third-order valence-corrected chi connectivity index (χ3v) is 7.46. The van der Waals surface area contributed by atoms with E-state index >= 15 is 0 Å². The number of nitrogens with one attached hydrogen (secondary N) is 1. The molecule has 5 rings (SSSR count). The van der Waals surface area contributed by atoms with Gasteiger partial charge in [0.05, 0.1) is 12.3 Å². The minimum absolute atomic E-state index is 0.00538. The quantitative estimate of drug-likeness (QED) is 0.676. The third kappa shape index (κ3) is 4.39. The van der Waals surface area contributed by atoms with Gasteiger partial charge < -0.3 is 20.1 Å². The van der Waals surface area contributed by atoms with Crippen molar-refractivity contribution in [2.45, 2.75) is 44.1 Å². The first-order chi connectivity index (χ1) is 16.5. The van der Waals surface area contributed by atoms with Crippen molar-refractivity contribution in [3.05, 3.63) is 59.7 Å². The Labute approximate surface area is 199 Å². The average Bonchev–Trinajstić information content (AvgIpc) is 3.13. The molecule has 2 aliphatic carbocycles. The Balaban J connectivity index is 1.19. The van der Waals surface area contributed by atoms with Gasteiger partial charge >= 0.3 is 12.1 Å². The van der Waals surface area contributed by atoms with Gasteiger partial charge in [0.1, 0.15) is 6.61 Å². The maximum absolute atomic E-state index is 13.0. The van der Waals surface area contributed by atoms with Crippen LogP contribution in [0.4, 0.5) is 4.79 Å². The Bertz CT molecular complexity index is 1050. The van der Waals surface area contributed by atoms with Crippen LogP contribution in [0, 0.1) is 11.8 Å². The fraction of sp³-hybridized carbons (Fsp3) is 0.444. The molecule has 2 aromatic rings. The lowest BCUT2D eigenvalue weighted by atomic mass is 9.82. The van der Waals surface area contributed by atoms with Gasteiger partial charge in [-0.15, -0.1) is 0 Å². The summed E-state index contributed by atoms with van der Waals surface area (Å²) in [5.74, 6) is -1.07. The Hall–Kier alpha value is -3.35. The van der Waals surface area contributed by atoms with E-state index in [1.807, 2.05) is 24.3 Å². The molecule has 0 spiro atoms. The maximum atomic E-state index is 13.0. The summed E-state index contributed by atoms with van der Waals surface area (Å²) < 4.78 is 5.69. The molecule has 2 amide bonds. The van der Waals surface area contributed by atoms with Crippen molar-refractivity contribution in [2.75, 3.05) is 19.7 Å². The summed E-state index contributed by atoms with van der Waals surface area (Å²) in [6.07, 6.45) is 2.99. The van der Waals surface area contributed by atoms with Gasteiger partial charge in [-0.2, -0.15) is 0 Å². The van der Waals surface area contributed by atoms with Gasteiger partial charge in [-0.1, -0.05) is 61.4 Å². The highest BCUT2D eigenvalue weighted by Crippen LogP contribution is 2.44. The highest BCUT2D eigenvalue weighted by Gasteiger charge is 2.40. The second-order valence-electron chi connectivity index (χ2n) is 9.67. The third-order valence-electron chi connectivity index (χ3n) is 7.46. The number of fused-ring (bicyclic) bond motifs is 3. The predicted molar refractivity (Wildman–Crippen MR) is 126 cm³/mol. The van der Waals surface area contributed by atoms with Crippen LogP contribution in [0.15, 0.2) is 48.5 Å². The number of hydrogen-bond donors (Lipinski definition) is 2. The van der Waals surface area contributed by atoms with Crippen LogP contribution in [0.2, 0.25) is 0 Å². The van der Waals surface area contributed by atoms with Gasteiger partial charge in [-0.05, 0) is 35.1 Å². The lowest BCUT2D eigenvalue weighted by Crippen LogP contribution is -2.56. The number of ether oxygens (including phenoxy) is 1. The Morgan fingerprint density at radius 2 is 1.56 bits per heavy atom. The van der Waals surface area contributed by atoms with E-state index in [9.17, 15) is 14.4 Å². The molecule has 7 heteroatoms. The number of rotatable bonds is 6. The normalized spacial score (nSPS) is 21.8. The molecular formula is C27H30N2O5. The number of hydrogen-bond acceptors (Lipinski definition) is 4. The number of benzene rings is 2. The van der Waals surface area contributed by atoms with E-state index in [4.69, 9.17) is 9.84 Å². The van der Waals surface area contributed by atoms with E-state index in [2.05, 4.69) is 29.6 Å². The number of carbonyl (C=O) groups excluding carboxylic acids is 2. The molecule has 1 saturated carbocycles. The molecule has 0 bridgehead atoms. The molecule has 2 N–H and O–H groups in total. The first kappa shape index (κ1) is 22.4. The van der Waals surface area contributed by atoms with Crippen LogP contribution in [0.5, 0.6) is 0 Å². The van der Waals surface area contributed by atoms with Crippen LogP contribution in [0.25, 0.3) is 11.1 Å². The number of amides is 2. The highest BCUT2D eigenvalue weighted by atomic mass is 16.5. The van der Waals surface area contributed by atoms with Crippen molar-refractivity contribution in [3.63, 3.8) is 0 Å². The SMILES string of the molecule is O=C(O)CC1CN(C(=O)[C@@H]2CCCC[C@@H]2NC(=O)OCC2c3ccccc3-c3ccccc32)C1. The molecule has 1 aliphatic heterocycles. The summed E-state index contributed by atoms with van der Waals surface area (Å²) in [7, 11) is 0. The van der Waals surface area contributed by atoms with E-state index in [1.54, 1.807) is 4.90 Å². The van der Waals surface area contributed by atoms with Gasteiger partial charge in [0.15, 0.2) is 0 Å². The number of likely N-dealkylation sites (tertiary alicyclic amines) is 1. The molecule has 7 nitrogen and oxygen atoms in total. The summed E-state index contributed by atoms with van der Waals surface area (Å²) >= 11 is 0. The standard InChI is InChI=1S/C27H30N2O5/c30-25(31)13-17-14-29(15-17)26(32)22-11-5-6-12-24(22)28-27(33)34-16-23-20-9-3-1-7-18(20)19-8-2-4-10-21(19)23/h1-4,7-10,17,22-24H,5-6,11-16H2,(H,28,33)(H,30,31)/t22-,24+/m1/s1. The van der Waals surface area contributed by atoms with E-state index in [1.165, 1.54) is 11.1 Å². The predicted octanol–water partition coefficient (Wildman–Crippen LogP) is 4.02. The summed E-state index contributed by atoms with van der Waals surface area (Å²) in [5.41, 5.74) is 4.69. The zero-order valence-electron chi connectivity index (χ0n) is 19.1. The summed E-state index contributed by atoms with van der Waals surface area (Å²) in [4.78, 5) is 38.4. The monoisotopic (exact) mass is 462 g/mol. The zero-order chi connectivity index (χ0) is 23.7. The summed E-state index contributed by atoms with van der Waals surface area (Å²) in [6, 6.07) is 16.2. The molecule has 2 atom stereocenters. The minimum Gasteiger partial charge on any atom is -0.481 e. The molecule has 2 aromatic carbocycles. The fourth-order valence-corrected chi connectivity index (χ4v) is 5.75. The van der Waals surface area contributed by atoms with Crippen LogP contribution in [-0.4, -0.2) is 53.7 Å². The summed E-state index contributed by atoms with van der Waals surface area (Å²) in [6.45, 7) is 1.22. The molecule has 0 aromatic heterocycles. The molecule has 3 aliphatic rings. The van der Waals surface area contributed by atoms with Crippen molar-refractivity contribution >= 4 is 18.0 Å². The van der Waals surface area contributed by atoms with E-state index < -0.39 is 12.1 Å². The number of alkyl carbamates (subject to hydrolysis) is 1. The van der Waals surface area contributed by atoms with Gasteiger partial charge in [0.25, 0.3) is 0 Å². The van der Waals surface area contributed by atoms with Gasteiger partial charge in [0.2, 0.25) is 5.91 Å². The lowest BCUT2D eigenvalue weighted by Gasteiger charge is -2.43. The molecule has 0 unspecified atom stereocenters. The number of carbonyl (C=O) groups is 3. The van der Waals surface area contributed by atoms with Gasteiger partial charge in [-0.25, -0.2) is 4.79 Å². The maximum Gasteiger partial charge on any atom is 0.407 e. The van der Waals surface area contributed by atoms with Crippen molar-refractivity contribution in [2.24, 2.45) is 11.8 Å². The topological polar surface area (TPSA) is 95.9 Å². The first-order valence-electron chi connectivity index (χ1n) is 12.1. The second kappa shape index (κ2) is 9.49. The number of aliphatic carboxylic acids is 1. The average molecular weight is 463 g/mol. The summed E-state index contributed by atoms with van der Waals surface area (Å²) in [5, 5.41) is 11.9. The Kier molecular flexibility index (Phi) is 6.26. The Morgan fingerprint density at radius 3 is 2.21 bits per heavy atom. The smallest absolute Gasteiger partial charge is 0.407 e. The molecule has 178 valence electrons. The number of carboxylic acids is 1. The molecular weight excluding hydrogens is 432 g/mol. The molecule has 1 heterocycles. The first-order valence-corrected chi connectivity index (χ1v) is 12.1. The van der Waals surface area contributed by atoms with E-state index in [-0.39, 0.29) is 42.7 Å². The van der Waals surface area contributed by atoms with Crippen LogP contribution in [0.1, 0.15) is 49.1 Å². The zero-order valence-corrected chi connectivity index (χ0v) is 19.1. The van der Waals surface area contributed by atoms with Gasteiger partial charge in [0, 0.05) is 31.0 Å². The van der Waals surface area contributed by atoms with Gasteiger partial charge in [-0.3, -0.25) is 9.59 Å². The van der Waals surface area contributed by atoms with Crippen LogP contribution in [0.3, 0.4) is 0 Å². The van der Waals surface area contributed by atoms with Crippen molar-refractivity contribution in [1.82, 2.24) is 10.2 Å². The highest BCUT2D eigenvalue weighted by molar-refractivity contribution is 5.82. The van der Waals surface area contributed by atoms with E-state index in [0.717, 1.165) is 36.8 Å². The van der Waals surface area contributed by atoms with Crippen LogP contribution >= 0.6 is 0 Å².